The number of carbonyl (C=O) groups excluding carboxylic acids is 2. The average molecular weight is 245 g/mol. The molecule has 0 aliphatic carbocycles. The molecule has 0 bridgehead atoms. The van der Waals surface area contributed by atoms with Gasteiger partial charge in [0, 0.05) is 25.1 Å². The van der Waals surface area contributed by atoms with Crippen LogP contribution in [0.3, 0.4) is 0 Å². The van der Waals surface area contributed by atoms with Crippen molar-refractivity contribution in [1.29, 1.82) is 5.26 Å². The minimum atomic E-state index is -0.246. The van der Waals surface area contributed by atoms with Gasteiger partial charge in [-0.25, -0.2) is 0 Å². The first-order chi connectivity index (χ1) is 8.67. The Labute approximate surface area is 106 Å². The second-order valence-electron chi connectivity index (χ2n) is 3.65. The SMILES string of the molecule is CCNC(=O)CCNC(=O)c1ccc(C#N)cc1. The monoisotopic (exact) mass is 245 g/mol. The van der Waals surface area contributed by atoms with E-state index in [2.05, 4.69) is 10.6 Å². The van der Waals surface area contributed by atoms with Crippen LogP contribution in [0.4, 0.5) is 0 Å². The predicted molar refractivity (Wildman–Crippen MR) is 66.8 cm³/mol. The highest BCUT2D eigenvalue weighted by Gasteiger charge is 2.06. The molecule has 0 saturated heterocycles. The third-order valence-electron chi connectivity index (χ3n) is 2.29. The van der Waals surface area contributed by atoms with Gasteiger partial charge in [-0.05, 0) is 31.2 Å². The molecule has 0 aromatic heterocycles. The third kappa shape index (κ3) is 4.26. The molecule has 0 fully saturated rings. The molecular weight excluding hydrogens is 230 g/mol. The van der Waals surface area contributed by atoms with E-state index in [-0.39, 0.29) is 18.2 Å². The molecule has 5 heteroatoms. The number of carbonyl (C=O) groups is 2. The average Bonchev–Trinajstić information content (AvgIpc) is 2.39. The van der Waals surface area contributed by atoms with Gasteiger partial charge in [-0.15, -0.1) is 0 Å². The van der Waals surface area contributed by atoms with Crippen molar-refractivity contribution in [2.45, 2.75) is 13.3 Å². The fourth-order valence-corrected chi connectivity index (χ4v) is 1.37. The van der Waals surface area contributed by atoms with Crippen molar-refractivity contribution in [3.63, 3.8) is 0 Å². The van der Waals surface area contributed by atoms with Gasteiger partial charge in [-0.2, -0.15) is 5.26 Å². The van der Waals surface area contributed by atoms with Crippen LogP contribution in [-0.2, 0) is 4.79 Å². The lowest BCUT2D eigenvalue weighted by atomic mass is 10.1. The summed E-state index contributed by atoms with van der Waals surface area (Å²) in [5, 5.41) is 13.9. The molecule has 0 aliphatic rings. The van der Waals surface area contributed by atoms with Crippen molar-refractivity contribution in [3.05, 3.63) is 35.4 Å². The lowest BCUT2D eigenvalue weighted by Gasteiger charge is -2.05. The minimum absolute atomic E-state index is 0.0855. The number of benzene rings is 1. The zero-order valence-corrected chi connectivity index (χ0v) is 10.2. The second kappa shape index (κ2) is 7.07. The number of rotatable bonds is 5. The highest BCUT2D eigenvalue weighted by atomic mass is 16.2. The summed E-state index contributed by atoms with van der Waals surface area (Å²) in [5.41, 5.74) is 0.985. The van der Waals surface area contributed by atoms with Crippen molar-refractivity contribution < 1.29 is 9.59 Å². The number of hydrogen-bond donors (Lipinski definition) is 2. The van der Waals surface area contributed by atoms with E-state index in [0.29, 0.717) is 24.2 Å². The summed E-state index contributed by atoms with van der Waals surface area (Å²) in [6, 6.07) is 8.31. The topological polar surface area (TPSA) is 82.0 Å². The number of hydrogen-bond acceptors (Lipinski definition) is 3. The summed E-state index contributed by atoms with van der Waals surface area (Å²) in [5.74, 6) is -0.332. The van der Waals surface area contributed by atoms with E-state index >= 15 is 0 Å². The van der Waals surface area contributed by atoms with Gasteiger partial charge in [0.1, 0.15) is 0 Å². The number of amides is 2. The summed E-state index contributed by atoms with van der Waals surface area (Å²) < 4.78 is 0. The molecule has 0 aliphatic heterocycles. The Hall–Kier alpha value is -2.35. The molecule has 2 N–H and O–H groups in total. The van der Waals surface area contributed by atoms with Crippen LogP contribution in [0.1, 0.15) is 29.3 Å². The maximum absolute atomic E-state index is 11.7. The third-order valence-corrected chi connectivity index (χ3v) is 2.29. The van der Waals surface area contributed by atoms with E-state index in [9.17, 15) is 9.59 Å². The summed E-state index contributed by atoms with van der Waals surface area (Å²) in [6.45, 7) is 2.72. The number of nitrogens with one attached hydrogen (secondary N) is 2. The van der Waals surface area contributed by atoms with Crippen LogP contribution in [0, 0.1) is 11.3 Å². The van der Waals surface area contributed by atoms with Crippen molar-refractivity contribution in [2.24, 2.45) is 0 Å². The molecule has 0 unspecified atom stereocenters. The minimum Gasteiger partial charge on any atom is -0.356 e. The van der Waals surface area contributed by atoms with E-state index in [1.54, 1.807) is 24.3 Å². The van der Waals surface area contributed by atoms with E-state index in [1.807, 2.05) is 13.0 Å². The molecule has 1 aromatic rings. The molecule has 0 heterocycles. The molecule has 0 saturated carbocycles. The van der Waals surface area contributed by atoms with Crippen LogP contribution >= 0.6 is 0 Å². The molecule has 5 nitrogen and oxygen atoms in total. The number of nitriles is 1. The van der Waals surface area contributed by atoms with Gasteiger partial charge in [0.25, 0.3) is 5.91 Å². The Morgan fingerprint density at radius 1 is 1.22 bits per heavy atom. The smallest absolute Gasteiger partial charge is 0.251 e. The maximum atomic E-state index is 11.7. The molecule has 0 radical (unpaired) electrons. The lowest BCUT2D eigenvalue weighted by molar-refractivity contribution is -0.120. The Kier molecular flexibility index (Phi) is 5.39. The van der Waals surface area contributed by atoms with Gasteiger partial charge < -0.3 is 10.6 Å². The normalized spacial score (nSPS) is 9.33. The van der Waals surface area contributed by atoms with Crippen molar-refractivity contribution in [3.8, 4) is 6.07 Å². The van der Waals surface area contributed by atoms with Gasteiger partial charge in [0.2, 0.25) is 5.91 Å². The number of nitrogens with zero attached hydrogens (tertiary/aromatic N) is 1. The first-order valence-corrected chi connectivity index (χ1v) is 5.72. The van der Waals surface area contributed by atoms with Gasteiger partial charge >= 0.3 is 0 Å². The maximum Gasteiger partial charge on any atom is 0.251 e. The van der Waals surface area contributed by atoms with Crippen molar-refractivity contribution in [1.82, 2.24) is 10.6 Å². The molecule has 0 spiro atoms. The molecule has 2 amide bonds. The molecular formula is C13H15N3O2. The van der Waals surface area contributed by atoms with Gasteiger partial charge in [-0.3, -0.25) is 9.59 Å². The molecule has 1 aromatic carbocycles. The zero-order valence-electron chi connectivity index (χ0n) is 10.2. The molecule has 1 rings (SSSR count). The lowest BCUT2D eigenvalue weighted by Crippen LogP contribution is -2.30. The predicted octanol–water partition coefficient (Wildman–Crippen LogP) is 0.814. The highest BCUT2D eigenvalue weighted by molar-refractivity contribution is 5.94. The summed E-state index contributed by atoms with van der Waals surface area (Å²) in [6.07, 6.45) is 0.260. The van der Waals surface area contributed by atoms with Gasteiger partial charge in [0.05, 0.1) is 11.6 Å². The largest absolute Gasteiger partial charge is 0.356 e. The Morgan fingerprint density at radius 2 is 1.89 bits per heavy atom. The van der Waals surface area contributed by atoms with Crippen LogP contribution in [0.5, 0.6) is 0 Å². The van der Waals surface area contributed by atoms with Crippen LogP contribution in [0.2, 0.25) is 0 Å². The summed E-state index contributed by atoms with van der Waals surface area (Å²) in [7, 11) is 0. The second-order valence-corrected chi connectivity index (χ2v) is 3.65. The summed E-state index contributed by atoms with van der Waals surface area (Å²) in [4.78, 5) is 22.8. The van der Waals surface area contributed by atoms with Crippen molar-refractivity contribution >= 4 is 11.8 Å². The van der Waals surface area contributed by atoms with E-state index in [4.69, 9.17) is 5.26 Å². The Morgan fingerprint density at radius 3 is 2.44 bits per heavy atom. The van der Waals surface area contributed by atoms with E-state index in [0.717, 1.165) is 0 Å². The van der Waals surface area contributed by atoms with Gasteiger partial charge in [-0.1, -0.05) is 0 Å². The van der Waals surface area contributed by atoms with Gasteiger partial charge in [0.15, 0.2) is 0 Å². The first kappa shape index (κ1) is 13.7. The summed E-state index contributed by atoms with van der Waals surface area (Å²) >= 11 is 0. The standard InChI is InChI=1S/C13H15N3O2/c1-2-15-12(17)7-8-16-13(18)11-5-3-10(9-14)4-6-11/h3-6H,2,7-8H2,1H3,(H,15,17)(H,16,18). The molecule has 0 atom stereocenters. The van der Waals surface area contributed by atoms with E-state index < -0.39 is 0 Å². The molecule has 18 heavy (non-hydrogen) atoms. The fourth-order valence-electron chi connectivity index (χ4n) is 1.37. The fraction of sp³-hybridized carbons (Fsp3) is 0.308. The van der Waals surface area contributed by atoms with Crippen LogP contribution in [-0.4, -0.2) is 24.9 Å². The molecule has 94 valence electrons. The first-order valence-electron chi connectivity index (χ1n) is 5.72. The van der Waals surface area contributed by atoms with E-state index in [1.165, 1.54) is 0 Å². The Balaban J connectivity index is 2.41. The zero-order chi connectivity index (χ0) is 13.4. The van der Waals surface area contributed by atoms with Crippen LogP contribution in [0.15, 0.2) is 24.3 Å². The van der Waals surface area contributed by atoms with Crippen LogP contribution < -0.4 is 10.6 Å². The Bertz CT molecular complexity index is 460. The van der Waals surface area contributed by atoms with Crippen molar-refractivity contribution in [2.75, 3.05) is 13.1 Å². The van der Waals surface area contributed by atoms with Crippen LogP contribution in [0.25, 0.3) is 0 Å². The highest BCUT2D eigenvalue weighted by Crippen LogP contribution is 2.02. The quantitative estimate of drug-likeness (QED) is 0.805.